The van der Waals surface area contributed by atoms with Gasteiger partial charge in [0.25, 0.3) is 0 Å². The number of nitrogens with one attached hydrogen (secondary N) is 2. The number of hydrogen-bond acceptors (Lipinski definition) is 3. The topological polar surface area (TPSA) is 65.1 Å². The van der Waals surface area contributed by atoms with Gasteiger partial charge in [0.05, 0.1) is 5.69 Å². The summed E-state index contributed by atoms with van der Waals surface area (Å²) in [6.45, 7) is 1.90. The highest BCUT2D eigenvalue weighted by atomic mass is 79.9. The summed E-state index contributed by atoms with van der Waals surface area (Å²) in [7, 11) is 0. The molecule has 0 atom stereocenters. The number of aromatic amines is 1. The highest BCUT2D eigenvalue weighted by Gasteiger charge is 2.06. The van der Waals surface area contributed by atoms with Gasteiger partial charge < -0.3 is 5.73 Å². The molecule has 0 spiro atoms. The molecule has 6 heteroatoms. The number of anilines is 3. The summed E-state index contributed by atoms with van der Waals surface area (Å²) >= 11 is 6.88. The van der Waals surface area contributed by atoms with Crippen LogP contribution in [-0.2, 0) is 0 Å². The number of nitrogen functional groups attached to an aromatic ring is 1. The highest BCUT2D eigenvalue weighted by molar-refractivity contribution is 9.11. The second-order valence-electron chi connectivity index (χ2n) is 3.60. The van der Waals surface area contributed by atoms with Crippen LogP contribution in [0.5, 0.6) is 0 Å². The molecule has 1 aromatic heterocycles. The first-order chi connectivity index (χ1) is 8.02. The fraction of sp³-hybridized carbons (Fsp3) is 0.0909. The van der Waals surface area contributed by atoms with Gasteiger partial charge in [0.15, 0.2) is 0 Å². The van der Waals surface area contributed by atoms with Gasteiger partial charge in [-0.15, -0.1) is 4.98 Å². The minimum absolute atomic E-state index is 0.390. The molecular weight excluding hydrogens is 348 g/mol. The maximum absolute atomic E-state index is 5.65. The number of nitrogens with two attached hydrogens (primary N) is 1. The Balaban J connectivity index is 2.31. The Morgan fingerprint density at radius 3 is 2.41 bits per heavy atom. The SMILES string of the molecule is Cc1cc(Nc2cc(Br)cc(Br)c2)[nH+]c(N)n1. The first-order valence-corrected chi connectivity index (χ1v) is 6.51. The van der Waals surface area contributed by atoms with Gasteiger partial charge in [-0.1, -0.05) is 31.9 Å². The zero-order valence-corrected chi connectivity index (χ0v) is 12.3. The summed E-state index contributed by atoms with van der Waals surface area (Å²) in [5, 5.41) is 3.23. The van der Waals surface area contributed by atoms with E-state index < -0.39 is 0 Å². The smallest absolute Gasteiger partial charge is 0.308 e. The molecule has 0 unspecified atom stereocenters. The molecular formula is C11H11Br2N4+. The largest absolute Gasteiger partial charge is 0.342 e. The zero-order valence-electron chi connectivity index (χ0n) is 9.09. The molecule has 0 aliphatic carbocycles. The summed E-state index contributed by atoms with van der Waals surface area (Å²) < 4.78 is 1.99. The van der Waals surface area contributed by atoms with Crippen molar-refractivity contribution in [1.29, 1.82) is 0 Å². The summed E-state index contributed by atoms with van der Waals surface area (Å²) in [5.74, 6) is 1.20. The molecule has 0 amide bonds. The monoisotopic (exact) mass is 357 g/mol. The van der Waals surface area contributed by atoms with Crippen LogP contribution in [0.4, 0.5) is 17.5 Å². The molecule has 88 valence electrons. The lowest BCUT2D eigenvalue weighted by Gasteiger charge is -2.04. The van der Waals surface area contributed by atoms with Gasteiger partial charge in [-0.25, -0.2) is 4.98 Å². The van der Waals surface area contributed by atoms with Crippen LogP contribution in [0.3, 0.4) is 0 Å². The summed E-state index contributed by atoms with van der Waals surface area (Å²) in [6, 6.07) is 7.82. The normalized spacial score (nSPS) is 10.3. The van der Waals surface area contributed by atoms with E-state index >= 15 is 0 Å². The van der Waals surface area contributed by atoms with Crippen molar-refractivity contribution in [3.63, 3.8) is 0 Å². The quantitative estimate of drug-likeness (QED) is 0.867. The highest BCUT2D eigenvalue weighted by Crippen LogP contribution is 2.24. The number of nitrogens with zero attached hydrogens (tertiary/aromatic N) is 1. The Morgan fingerprint density at radius 2 is 1.82 bits per heavy atom. The molecule has 17 heavy (non-hydrogen) atoms. The van der Waals surface area contributed by atoms with Crippen LogP contribution >= 0.6 is 31.9 Å². The Labute approximate surface area is 116 Å². The van der Waals surface area contributed by atoms with Gasteiger partial charge in [0, 0.05) is 15.0 Å². The van der Waals surface area contributed by atoms with E-state index in [1.165, 1.54) is 0 Å². The van der Waals surface area contributed by atoms with E-state index in [4.69, 9.17) is 5.73 Å². The van der Waals surface area contributed by atoms with Crippen molar-refractivity contribution in [3.05, 3.63) is 38.9 Å². The van der Waals surface area contributed by atoms with Gasteiger partial charge in [-0.3, -0.25) is 5.32 Å². The van der Waals surface area contributed by atoms with E-state index in [0.717, 1.165) is 26.1 Å². The number of benzene rings is 1. The van der Waals surface area contributed by atoms with Crippen molar-refractivity contribution >= 4 is 49.3 Å². The van der Waals surface area contributed by atoms with Crippen molar-refractivity contribution in [3.8, 4) is 0 Å². The van der Waals surface area contributed by atoms with Crippen molar-refractivity contribution in [2.75, 3.05) is 11.1 Å². The molecule has 0 aliphatic rings. The fourth-order valence-electron chi connectivity index (χ4n) is 1.48. The first-order valence-electron chi connectivity index (χ1n) is 4.92. The van der Waals surface area contributed by atoms with Crippen molar-refractivity contribution in [2.45, 2.75) is 6.92 Å². The molecule has 0 bridgehead atoms. The van der Waals surface area contributed by atoms with Crippen LogP contribution < -0.4 is 16.0 Å². The maximum atomic E-state index is 5.65. The number of hydrogen-bond donors (Lipinski definition) is 2. The van der Waals surface area contributed by atoms with Crippen LogP contribution in [0.15, 0.2) is 33.2 Å². The average molecular weight is 359 g/mol. The lowest BCUT2D eigenvalue weighted by Crippen LogP contribution is -2.17. The number of H-pyrrole nitrogens is 1. The number of aromatic nitrogens is 2. The Morgan fingerprint density at radius 1 is 1.18 bits per heavy atom. The third-order valence-electron chi connectivity index (χ3n) is 2.05. The zero-order chi connectivity index (χ0) is 12.4. The summed E-state index contributed by atoms with van der Waals surface area (Å²) in [5.41, 5.74) is 7.46. The average Bonchev–Trinajstić information content (AvgIpc) is 2.13. The molecule has 4 N–H and O–H groups in total. The predicted molar refractivity (Wildman–Crippen MR) is 75.1 cm³/mol. The Hall–Kier alpha value is -1.14. The van der Waals surface area contributed by atoms with Gasteiger partial charge >= 0.3 is 5.95 Å². The molecule has 4 nitrogen and oxygen atoms in total. The molecule has 2 aromatic rings. The standard InChI is InChI=1S/C11H10Br2N4/c1-6-2-10(17-11(14)15-6)16-9-4-7(12)3-8(13)5-9/h2-5H,1H3,(H3,14,15,16,17)/p+1. The Bertz CT molecular complexity index is 467. The molecule has 0 fully saturated rings. The number of rotatable bonds is 2. The second kappa shape index (κ2) is 5.01. The third-order valence-corrected chi connectivity index (χ3v) is 2.97. The van der Waals surface area contributed by atoms with Crippen molar-refractivity contribution < 1.29 is 4.98 Å². The summed E-state index contributed by atoms with van der Waals surface area (Å²) in [6.07, 6.45) is 0. The van der Waals surface area contributed by atoms with Crippen molar-refractivity contribution in [2.24, 2.45) is 0 Å². The fourth-order valence-corrected chi connectivity index (χ4v) is 2.78. The van der Waals surface area contributed by atoms with Crippen LogP contribution in [0.2, 0.25) is 0 Å². The van der Waals surface area contributed by atoms with E-state index in [0.29, 0.717) is 5.95 Å². The van der Waals surface area contributed by atoms with E-state index in [9.17, 15) is 0 Å². The molecule has 0 saturated carbocycles. The predicted octanol–water partition coefficient (Wildman–Crippen LogP) is 3.05. The van der Waals surface area contributed by atoms with Gasteiger partial charge in [-0.2, -0.15) is 0 Å². The van der Waals surface area contributed by atoms with E-state index in [1.54, 1.807) is 0 Å². The minimum Gasteiger partial charge on any atom is -0.308 e. The van der Waals surface area contributed by atoms with E-state index in [2.05, 4.69) is 47.1 Å². The number of halogens is 2. The molecule has 0 radical (unpaired) electrons. The van der Waals surface area contributed by atoms with E-state index in [1.807, 2.05) is 31.2 Å². The van der Waals surface area contributed by atoms with Crippen LogP contribution in [0.1, 0.15) is 5.69 Å². The third kappa shape index (κ3) is 3.41. The van der Waals surface area contributed by atoms with Gasteiger partial charge in [0.1, 0.15) is 5.69 Å². The Kier molecular flexibility index (Phi) is 3.63. The lowest BCUT2D eigenvalue weighted by atomic mass is 10.3. The number of aryl methyl sites for hydroxylation is 1. The maximum Gasteiger partial charge on any atom is 0.342 e. The molecule has 2 rings (SSSR count). The van der Waals surface area contributed by atoms with Crippen LogP contribution in [-0.4, -0.2) is 4.98 Å². The molecule has 0 aliphatic heterocycles. The van der Waals surface area contributed by atoms with Gasteiger partial charge in [-0.05, 0) is 25.1 Å². The molecule has 0 saturated heterocycles. The van der Waals surface area contributed by atoms with Crippen molar-refractivity contribution in [1.82, 2.24) is 4.98 Å². The van der Waals surface area contributed by atoms with Gasteiger partial charge in [0.2, 0.25) is 5.82 Å². The lowest BCUT2D eigenvalue weighted by molar-refractivity contribution is -0.347. The second-order valence-corrected chi connectivity index (χ2v) is 5.44. The van der Waals surface area contributed by atoms with Crippen LogP contribution in [0, 0.1) is 6.92 Å². The van der Waals surface area contributed by atoms with E-state index in [-0.39, 0.29) is 0 Å². The summed E-state index contributed by atoms with van der Waals surface area (Å²) in [4.78, 5) is 7.04. The molecule has 1 aromatic carbocycles. The van der Waals surface area contributed by atoms with Crippen LogP contribution in [0.25, 0.3) is 0 Å². The minimum atomic E-state index is 0.390. The molecule has 1 heterocycles. The first kappa shape index (κ1) is 12.3.